The van der Waals surface area contributed by atoms with Gasteiger partial charge in [0.25, 0.3) is 0 Å². The van der Waals surface area contributed by atoms with Gasteiger partial charge in [0, 0.05) is 11.3 Å². The molecule has 0 saturated heterocycles. The van der Waals surface area contributed by atoms with Crippen LogP contribution in [0.15, 0.2) is 24.3 Å². The van der Waals surface area contributed by atoms with Crippen LogP contribution in [0.1, 0.15) is 30.1 Å². The fourth-order valence-electron chi connectivity index (χ4n) is 1.11. The average molecular weight is 221 g/mol. The van der Waals surface area contributed by atoms with E-state index in [0.717, 1.165) is 19.1 Å². The van der Waals surface area contributed by atoms with Crippen LogP contribution in [-0.4, -0.2) is 19.0 Å². The standard InChI is InChI=1S/C12H15NO3/c1-2-3-8-16-12(15)13-11-6-4-10(9-14)5-7-11/h4-7,9H,2-3,8H2,1H3,(H,13,15). The lowest BCUT2D eigenvalue weighted by atomic mass is 10.2. The van der Waals surface area contributed by atoms with E-state index in [-0.39, 0.29) is 0 Å². The van der Waals surface area contributed by atoms with Gasteiger partial charge < -0.3 is 4.74 Å². The van der Waals surface area contributed by atoms with Crippen LogP contribution in [0.5, 0.6) is 0 Å². The fraction of sp³-hybridized carbons (Fsp3) is 0.333. The summed E-state index contributed by atoms with van der Waals surface area (Å²) in [4.78, 5) is 21.6. The molecule has 0 bridgehead atoms. The number of nitrogens with one attached hydrogen (secondary N) is 1. The Hall–Kier alpha value is -1.84. The number of anilines is 1. The first-order chi connectivity index (χ1) is 7.76. The van der Waals surface area contributed by atoms with Crippen molar-refractivity contribution >= 4 is 18.1 Å². The van der Waals surface area contributed by atoms with E-state index < -0.39 is 6.09 Å². The molecule has 0 heterocycles. The van der Waals surface area contributed by atoms with Gasteiger partial charge in [-0.1, -0.05) is 13.3 Å². The Morgan fingerprint density at radius 1 is 1.38 bits per heavy atom. The van der Waals surface area contributed by atoms with Crippen molar-refractivity contribution in [1.82, 2.24) is 0 Å². The van der Waals surface area contributed by atoms with Crippen molar-refractivity contribution in [3.05, 3.63) is 29.8 Å². The number of carbonyl (C=O) groups excluding carboxylic acids is 2. The third-order valence-corrected chi connectivity index (χ3v) is 2.02. The van der Waals surface area contributed by atoms with E-state index in [1.54, 1.807) is 24.3 Å². The second-order valence-electron chi connectivity index (χ2n) is 3.35. The topological polar surface area (TPSA) is 55.4 Å². The number of ether oxygens (including phenoxy) is 1. The number of hydrogen-bond acceptors (Lipinski definition) is 3. The van der Waals surface area contributed by atoms with Crippen LogP contribution in [-0.2, 0) is 4.74 Å². The molecule has 86 valence electrons. The van der Waals surface area contributed by atoms with Crippen LogP contribution < -0.4 is 5.32 Å². The number of benzene rings is 1. The molecule has 0 spiro atoms. The first kappa shape index (κ1) is 12.2. The van der Waals surface area contributed by atoms with Gasteiger partial charge in [-0.3, -0.25) is 10.1 Å². The summed E-state index contributed by atoms with van der Waals surface area (Å²) in [6, 6.07) is 6.58. The third kappa shape index (κ3) is 4.13. The van der Waals surface area contributed by atoms with E-state index in [2.05, 4.69) is 5.32 Å². The molecular formula is C12H15NO3. The second-order valence-corrected chi connectivity index (χ2v) is 3.35. The van der Waals surface area contributed by atoms with Gasteiger partial charge in [0.1, 0.15) is 6.29 Å². The minimum absolute atomic E-state index is 0.425. The molecule has 0 aliphatic rings. The van der Waals surface area contributed by atoms with Crippen LogP contribution in [0.3, 0.4) is 0 Å². The highest BCUT2D eigenvalue weighted by Crippen LogP contribution is 2.08. The van der Waals surface area contributed by atoms with Crippen LogP contribution in [0, 0.1) is 0 Å². The molecule has 4 nitrogen and oxygen atoms in total. The molecule has 1 aromatic rings. The van der Waals surface area contributed by atoms with Crippen LogP contribution in [0.2, 0.25) is 0 Å². The van der Waals surface area contributed by atoms with Gasteiger partial charge in [0.15, 0.2) is 0 Å². The number of unbranched alkanes of at least 4 members (excludes halogenated alkanes) is 1. The average Bonchev–Trinajstić information content (AvgIpc) is 2.30. The summed E-state index contributed by atoms with van der Waals surface area (Å²) in [6.45, 7) is 2.45. The molecule has 0 fully saturated rings. The molecule has 0 atom stereocenters. The molecule has 0 aromatic heterocycles. The fourth-order valence-corrected chi connectivity index (χ4v) is 1.11. The van der Waals surface area contributed by atoms with E-state index in [0.29, 0.717) is 17.9 Å². The summed E-state index contributed by atoms with van der Waals surface area (Å²) in [5, 5.41) is 2.58. The van der Waals surface area contributed by atoms with Crippen molar-refractivity contribution in [3.8, 4) is 0 Å². The van der Waals surface area contributed by atoms with E-state index >= 15 is 0 Å². The lowest BCUT2D eigenvalue weighted by Crippen LogP contribution is -2.14. The molecule has 1 amide bonds. The van der Waals surface area contributed by atoms with Crippen molar-refractivity contribution in [2.45, 2.75) is 19.8 Å². The summed E-state index contributed by atoms with van der Waals surface area (Å²) >= 11 is 0. The molecule has 0 aliphatic heterocycles. The predicted molar refractivity (Wildman–Crippen MR) is 61.7 cm³/mol. The Morgan fingerprint density at radius 2 is 2.06 bits per heavy atom. The minimum atomic E-state index is -0.465. The number of carbonyl (C=O) groups is 2. The highest BCUT2D eigenvalue weighted by molar-refractivity contribution is 5.85. The van der Waals surface area contributed by atoms with Crippen LogP contribution in [0.25, 0.3) is 0 Å². The predicted octanol–water partition coefficient (Wildman–Crippen LogP) is 2.85. The number of amides is 1. The van der Waals surface area contributed by atoms with E-state index in [4.69, 9.17) is 4.74 Å². The quantitative estimate of drug-likeness (QED) is 0.614. The van der Waals surface area contributed by atoms with Crippen LogP contribution >= 0.6 is 0 Å². The lowest BCUT2D eigenvalue weighted by Gasteiger charge is -2.06. The molecule has 0 radical (unpaired) electrons. The van der Waals surface area contributed by atoms with E-state index in [1.807, 2.05) is 6.92 Å². The smallest absolute Gasteiger partial charge is 0.411 e. The van der Waals surface area contributed by atoms with Gasteiger partial charge in [-0.2, -0.15) is 0 Å². The summed E-state index contributed by atoms with van der Waals surface area (Å²) in [7, 11) is 0. The summed E-state index contributed by atoms with van der Waals surface area (Å²) in [5.74, 6) is 0. The monoisotopic (exact) mass is 221 g/mol. The summed E-state index contributed by atoms with van der Waals surface area (Å²) < 4.78 is 4.92. The summed E-state index contributed by atoms with van der Waals surface area (Å²) in [6.07, 6.45) is 2.13. The van der Waals surface area contributed by atoms with Crippen molar-refractivity contribution in [1.29, 1.82) is 0 Å². The van der Waals surface area contributed by atoms with Gasteiger partial charge in [-0.05, 0) is 30.7 Å². The van der Waals surface area contributed by atoms with E-state index in [1.165, 1.54) is 0 Å². The van der Waals surface area contributed by atoms with Crippen molar-refractivity contribution in [2.75, 3.05) is 11.9 Å². The van der Waals surface area contributed by atoms with Gasteiger partial charge in [-0.25, -0.2) is 4.79 Å². The van der Waals surface area contributed by atoms with Crippen molar-refractivity contribution < 1.29 is 14.3 Å². The normalized spacial score (nSPS) is 9.56. The van der Waals surface area contributed by atoms with Gasteiger partial charge >= 0.3 is 6.09 Å². The molecule has 0 aliphatic carbocycles. The van der Waals surface area contributed by atoms with Gasteiger partial charge in [0.2, 0.25) is 0 Å². The van der Waals surface area contributed by atoms with Crippen LogP contribution in [0.4, 0.5) is 10.5 Å². The highest BCUT2D eigenvalue weighted by atomic mass is 16.5. The SMILES string of the molecule is CCCCOC(=O)Nc1ccc(C=O)cc1. The van der Waals surface area contributed by atoms with Crippen molar-refractivity contribution in [2.24, 2.45) is 0 Å². The Bertz CT molecular complexity index is 346. The molecule has 1 aromatic carbocycles. The first-order valence-corrected chi connectivity index (χ1v) is 5.25. The van der Waals surface area contributed by atoms with E-state index in [9.17, 15) is 9.59 Å². The Balaban J connectivity index is 2.40. The van der Waals surface area contributed by atoms with Gasteiger partial charge in [0.05, 0.1) is 6.61 Å². The zero-order valence-corrected chi connectivity index (χ0v) is 9.23. The Morgan fingerprint density at radius 3 is 2.62 bits per heavy atom. The molecule has 0 unspecified atom stereocenters. The summed E-state index contributed by atoms with van der Waals surface area (Å²) in [5.41, 5.74) is 1.19. The van der Waals surface area contributed by atoms with Crippen molar-refractivity contribution in [3.63, 3.8) is 0 Å². The zero-order chi connectivity index (χ0) is 11.8. The third-order valence-electron chi connectivity index (χ3n) is 2.02. The Labute approximate surface area is 94.6 Å². The number of aldehydes is 1. The lowest BCUT2D eigenvalue weighted by molar-refractivity contribution is 0.112. The number of rotatable bonds is 5. The number of hydrogen-bond donors (Lipinski definition) is 1. The molecule has 1 rings (SSSR count). The maximum Gasteiger partial charge on any atom is 0.411 e. The minimum Gasteiger partial charge on any atom is -0.449 e. The molecule has 1 N–H and O–H groups in total. The largest absolute Gasteiger partial charge is 0.449 e. The highest BCUT2D eigenvalue weighted by Gasteiger charge is 2.02. The molecule has 16 heavy (non-hydrogen) atoms. The second kappa shape index (κ2) is 6.61. The molecular weight excluding hydrogens is 206 g/mol. The maximum absolute atomic E-state index is 11.2. The maximum atomic E-state index is 11.2. The molecule has 0 saturated carbocycles. The van der Waals surface area contributed by atoms with Gasteiger partial charge in [-0.15, -0.1) is 0 Å². The molecule has 4 heteroatoms. The zero-order valence-electron chi connectivity index (χ0n) is 9.23. The first-order valence-electron chi connectivity index (χ1n) is 5.25. The Kier molecular flexibility index (Phi) is 5.05.